The molecule has 0 aliphatic carbocycles. The first kappa shape index (κ1) is 11.0. The Balaban J connectivity index is 2.64. The maximum absolute atomic E-state index is 8.97. The lowest BCUT2D eigenvalue weighted by atomic mass is 9.80. The summed E-state index contributed by atoms with van der Waals surface area (Å²) in [6, 6.07) is 1.48. The fourth-order valence-corrected chi connectivity index (χ4v) is 0.913. The molecule has 0 unspecified atom stereocenters. The van der Waals surface area contributed by atoms with Gasteiger partial charge in [-0.25, -0.2) is 0 Å². The molecule has 0 saturated carbocycles. The zero-order valence-electron chi connectivity index (χ0n) is 7.88. The molecule has 0 bridgehead atoms. The average Bonchev–Trinajstić information content (AvgIpc) is 2.19. The van der Waals surface area contributed by atoms with Crippen molar-refractivity contribution in [3.63, 3.8) is 0 Å². The summed E-state index contributed by atoms with van der Waals surface area (Å²) >= 11 is 0. The van der Waals surface area contributed by atoms with Gasteiger partial charge in [-0.15, -0.1) is 0 Å². The van der Waals surface area contributed by atoms with Gasteiger partial charge in [-0.05, 0) is 13.0 Å². The van der Waals surface area contributed by atoms with Crippen molar-refractivity contribution in [2.24, 2.45) is 0 Å². The van der Waals surface area contributed by atoms with E-state index in [-0.39, 0.29) is 12.3 Å². The summed E-state index contributed by atoms with van der Waals surface area (Å²) in [7, 11) is -1.56. The maximum Gasteiger partial charge on any atom is 0.492 e. The van der Waals surface area contributed by atoms with Crippen LogP contribution in [0.1, 0.15) is 6.92 Å². The van der Waals surface area contributed by atoms with Gasteiger partial charge in [0.25, 0.3) is 0 Å². The molecule has 0 spiro atoms. The van der Waals surface area contributed by atoms with Crippen molar-refractivity contribution in [3.8, 4) is 5.75 Å². The molecule has 0 aromatic carbocycles. The van der Waals surface area contributed by atoms with Crippen LogP contribution in [0.3, 0.4) is 0 Å². The third kappa shape index (κ3) is 2.99. The fraction of sp³-hybridized carbons (Fsp3) is 0.375. The molecule has 0 atom stereocenters. The van der Waals surface area contributed by atoms with Gasteiger partial charge in [-0.3, -0.25) is 4.98 Å². The summed E-state index contributed by atoms with van der Waals surface area (Å²) in [4.78, 5) is 3.80. The predicted octanol–water partition coefficient (Wildman–Crippen LogP) is -0.866. The molecule has 0 fully saturated rings. The molecule has 14 heavy (non-hydrogen) atoms. The molecule has 1 heterocycles. The molecule has 6 heteroatoms. The lowest BCUT2D eigenvalue weighted by Gasteiger charge is -2.09. The Hall–Kier alpha value is -1.11. The minimum atomic E-state index is -1.56. The summed E-state index contributed by atoms with van der Waals surface area (Å²) in [6.07, 6.45) is 2.87. The number of aromatic nitrogens is 1. The highest BCUT2D eigenvalue weighted by molar-refractivity contribution is 6.59. The van der Waals surface area contributed by atoms with Gasteiger partial charge in [0.15, 0.2) is 6.79 Å². The molecule has 1 rings (SSSR count). The van der Waals surface area contributed by atoms with Crippen LogP contribution in [0.4, 0.5) is 0 Å². The van der Waals surface area contributed by atoms with Crippen LogP contribution < -0.4 is 10.2 Å². The quantitative estimate of drug-likeness (QED) is 0.365. The summed E-state index contributed by atoms with van der Waals surface area (Å²) < 4.78 is 10.1. The van der Waals surface area contributed by atoms with E-state index in [1.165, 1.54) is 18.5 Å². The van der Waals surface area contributed by atoms with Crippen LogP contribution in [0.25, 0.3) is 0 Å². The summed E-state index contributed by atoms with van der Waals surface area (Å²) in [6.45, 7) is 2.45. The minimum Gasteiger partial charge on any atom is -0.466 e. The number of nitrogens with zero attached hydrogens (tertiary/aromatic N) is 1. The van der Waals surface area contributed by atoms with E-state index in [1.54, 1.807) is 0 Å². The van der Waals surface area contributed by atoms with E-state index in [0.717, 1.165) is 0 Å². The van der Waals surface area contributed by atoms with E-state index < -0.39 is 7.12 Å². The Labute approximate surface area is 82.5 Å². The lowest BCUT2D eigenvalue weighted by molar-refractivity contribution is 0.0227. The van der Waals surface area contributed by atoms with E-state index in [9.17, 15) is 0 Å². The summed E-state index contributed by atoms with van der Waals surface area (Å²) in [5, 5.41) is 17.9. The van der Waals surface area contributed by atoms with Gasteiger partial charge in [0.1, 0.15) is 5.75 Å². The Kier molecular flexibility index (Phi) is 4.38. The molecular weight excluding hydrogens is 185 g/mol. The highest BCUT2D eigenvalue weighted by Gasteiger charge is 2.16. The lowest BCUT2D eigenvalue weighted by Crippen LogP contribution is -2.31. The van der Waals surface area contributed by atoms with Crippen molar-refractivity contribution in [2.75, 3.05) is 13.4 Å². The van der Waals surface area contributed by atoms with E-state index in [1.807, 2.05) is 6.92 Å². The molecule has 2 N–H and O–H groups in total. The van der Waals surface area contributed by atoms with E-state index in [4.69, 9.17) is 19.5 Å². The number of ether oxygens (including phenoxy) is 2. The van der Waals surface area contributed by atoms with Crippen molar-refractivity contribution < 1.29 is 19.5 Å². The maximum atomic E-state index is 8.97. The summed E-state index contributed by atoms with van der Waals surface area (Å²) in [5.74, 6) is 0.316. The highest BCUT2D eigenvalue weighted by atomic mass is 16.7. The number of hydrogen-bond acceptors (Lipinski definition) is 5. The monoisotopic (exact) mass is 197 g/mol. The molecule has 1 aromatic rings. The molecule has 5 nitrogen and oxygen atoms in total. The van der Waals surface area contributed by atoms with Gasteiger partial charge in [0.05, 0.1) is 6.20 Å². The van der Waals surface area contributed by atoms with Gasteiger partial charge in [-0.1, -0.05) is 0 Å². The van der Waals surface area contributed by atoms with Crippen molar-refractivity contribution in [2.45, 2.75) is 6.92 Å². The first-order valence-corrected chi connectivity index (χ1v) is 4.26. The second kappa shape index (κ2) is 5.59. The molecule has 0 radical (unpaired) electrons. The highest BCUT2D eigenvalue weighted by Crippen LogP contribution is 2.04. The van der Waals surface area contributed by atoms with E-state index in [2.05, 4.69) is 4.98 Å². The van der Waals surface area contributed by atoms with Crippen molar-refractivity contribution >= 4 is 12.6 Å². The first-order valence-electron chi connectivity index (χ1n) is 4.26. The van der Waals surface area contributed by atoms with Crippen LogP contribution in [0.2, 0.25) is 0 Å². The van der Waals surface area contributed by atoms with Crippen molar-refractivity contribution in [3.05, 3.63) is 18.5 Å². The average molecular weight is 197 g/mol. The van der Waals surface area contributed by atoms with E-state index in [0.29, 0.717) is 12.4 Å². The SMILES string of the molecule is CCOCOc1cnccc1B(O)O. The van der Waals surface area contributed by atoms with Crippen LogP contribution >= 0.6 is 0 Å². The molecule has 0 aliphatic rings. The Morgan fingerprint density at radius 2 is 2.29 bits per heavy atom. The van der Waals surface area contributed by atoms with Crippen LogP contribution in [-0.2, 0) is 4.74 Å². The molecule has 0 aliphatic heterocycles. The normalized spacial score (nSPS) is 9.93. The summed E-state index contributed by atoms with van der Waals surface area (Å²) in [5.41, 5.74) is 0.278. The van der Waals surface area contributed by atoms with Crippen LogP contribution in [0.5, 0.6) is 5.75 Å². The predicted molar refractivity (Wildman–Crippen MR) is 51.2 cm³/mol. The van der Waals surface area contributed by atoms with Crippen molar-refractivity contribution in [1.29, 1.82) is 0 Å². The minimum absolute atomic E-state index is 0.0713. The smallest absolute Gasteiger partial charge is 0.466 e. The van der Waals surface area contributed by atoms with Gasteiger partial charge in [-0.2, -0.15) is 0 Å². The third-order valence-corrected chi connectivity index (χ3v) is 1.60. The second-order valence-corrected chi connectivity index (χ2v) is 2.54. The fourth-order valence-electron chi connectivity index (χ4n) is 0.913. The zero-order chi connectivity index (χ0) is 10.4. The van der Waals surface area contributed by atoms with Crippen LogP contribution in [0.15, 0.2) is 18.5 Å². The van der Waals surface area contributed by atoms with Gasteiger partial charge in [0.2, 0.25) is 0 Å². The number of rotatable bonds is 5. The largest absolute Gasteiger partial charge is 0.492 e. The van der Waals surface area contributed by atoms with Crippen molar-refractivity contribution in [1.82, 2.24) is 4.98 Å². The van der Waals surface area contributed by atoms with E-state index >= 15 is 0 Å². The topological polar surface area (TPSA) is 71.8 Å². The molecule has 1 aromatic heterocycles. The van der Waals surface area contributed by atoms with Crippen LogP contribution in [0, 0.1) is 0 Å². The number of hydrogen-bond donors (Lipinski definition) is 2. The Morgan fingerprint density at radius 3 is 2.93 bits per heavy atom. The first-order chi connectivity index (χ1) is 6.75. The Bertz CT molecular complexity index is 282. The van der Waals surface area contributed by atoms with Gasteiger partial charge >= 0.3 is 7.12 Å². The third-order valence-electron chi connectivity index (χ3n) is 1.60. The van der Waals surface area contributed by atoms with Gasteiger partial charge < -0.3 is 19.5 Å². The standard InChI is InChI=1S/C8H12BNO4/c1-2-13-6-14-8-5-10-4-3-7(8)9(11)12/h3-5,11-12H,2,6H2,1H3. The second-order valence-electron chi connectivity index (χ2n) is 2.54. The Morgan fingerprint density at radius 1 is 1.50 bits per heavy atom. The van der Waals surface area contributed by atoms with Gasteiger partial charge in [0, 0.05) is 18.3 Å². The number of pyridine rings is 1. The molecule has 76 valence electrons. The van der Waals surface area contributed by atoms with Crippen LogP contribution in [-0.4, -0.2) is 35.6 Å². The molecule has 0 saturated heterocycles. The molecule has 0 amide bonds. The molecular formula is C8H12BNO4. The zero-order valence-corrected chi connectivity index (χ0v) is 7.88.